The second-order valence-corrected chi connectivity index (χ2v) is 5.93. The zero-order chi connectivity index (χ0) is 14.2. The van der Waals surface area contributed by atoms with Crippen LogP contribution in [0.15, 0.2) is 6.07 Å². The molecule has 1 aliphatic heterocycles. The highest BCUT2D eigenvalue weighted by atomic mass is 16.4. The molecule has 1 N–H and O–H groups in total. The summed E-state index contributed by atoms with van der Waals surface area (Å²) in [6.45, 7) is 9.10. The fraction of sp³-hybridized carbons (Fsp3) is 0.643. The van der Waals surface area contributed by atoms with Crippen LogP contribution in [0.2, 0.25) is 0 Å². The topological polar surface area (TPSA) is 66.3 Å². The molecule has 2 rings (SSSR count). The minimum atomic E-state index is -0.744. The lowest BCUT2D eigenvalue weighted by Crippen LogP contribution is -2.32. The van der Waals surface area contributed by atoms with Crippen LogP contribution in [0.4, 0.5) is 5.95 Å². The molecule has 1 atom stereocenters. The molecule has 5 nitrogen and oxygen atoms in total. The fourth-order valence-electron chi connectivity index (χ4n) is 2.32. The number of hydrogen-bond acceptors (Lipinski definition) is 4. The number of carboxylic acids is 1. The third-order valence-corrected chi connectivity index (χ3v) is 3.73. The summed E-state index contributed by atoms with van der Waals surface area (Å²) in [5, 5.41) is 9.27. The molecule has 104 valence electrons. The van der Waals surface area contributed by atoms with Crippen molar-refractivity contribution in [3.63, 3.8) is 0 Å². The summed E-state index contributed by atoms with van der Waals surface area (Å²) in [6.07, 6.45) is 0.636. The minimum Gasteiger partial charge on any atom is -0.481 e. The van der Waals surface area contributed by atoms with Gasteiger partial charge in [0.1, 0.15) is 0 Å². The molecule has 1 saturated heterocycles. The van der Waals surface area contributed by atoms with E-state index in [0.29, 0.717) is 31.4 Å². The van der Waals surface area contributed by atoms with Crippen molar-refractivity contribution in [2.75, 3.05) is 18.0 Å². The molecule has 0 aliphatic carbocycles. The second kappa shape index (κ2) is 4.79. The number of carboxylic acid groups (broad SMARTS) is 1. The van der Waals surface area contributed by atoms with E-state index in [1.54, 1.807) is 6.92 Å². The first-order valence-corrected chi connectivity index (χ1v) is 6.66. The Bertz CT molecular complexity index is 501. The number of carbonyl (C=O) groups is 1. The summed E-state index contributed by atoms with van der Waals surface area (Å²) in [6, 6.07) is 1.99. The Labute approximate surface area is 113 Å². The van der Waals surface area contributed by atoms with Gasteiger partial charge in [0.05, 0.1) is 5.41 Å². The van der Waals surface area contributed by atoms with Crippen LogP contribution in [0, 0.1) is 12.3 Å². The van der Waals surface area contributed by atoms with E-state index in [2.05, 4.69) is 23.8 Å². The molecule has 2 heterocycles. The SMILES string of the molecule is Cc1cc(C(C)C)nc(N2CCC(C)(C(=O)O)C2)n1. The van der Waals surface area contributed by atoms with Gasteiger partial charge in [-0.05, 0) is 32.3 Å². The molecule has 1 unspecified atom stereocenters. The molecule has 1 aromatic rings. The van der Waals surface area contributed by atoms with Gasteiger partial charge in [0, 0.05) is 24.5 Å². The molecule has 0 bridgehead atoms. The van der Waals surface area contributed by atoms with Crippen LogP contribution < -0.4 is 4.90 Å². The number of rotatable bonds is 3. The van der Waals surface area contributed by atoms with Crippen LogP contribution in [-0.4, -0.2) is 34.1 Å². The van der Waals surface area contributed by atoms with E-state index < -0.39 is 11.4 Å². The van der Waals surface area contributed by atoms with Gasteiger partial charge in [-0.1, -0.05) is 13.8 Å². The zero-order valence-electron chi connectivity index (χ0n) is 12.0. The summed E-state index contributed by atoms with van der Waals surface area (Å²) >= 11 is 0. The number of nitrogens with zero attached hydrogens (tertiary/aromatic N) is 3. The van der Waals surface area contributed by atoms with Gasteiger partial charge in [-0.15, -0.1) is 0 Å². The van der Waals surface area contributed by atoms with Gasteiger partial charge in [0.2, 0.25) is 5.95 Å². The molecular formula is C14H21N3O2. The monoisotopic (exact) mass is 263 g/mol. The third-order valence-electron chi connectivity index (χ3n) is 3.73. The largest absolute Gasteiger partial charge is 0.481 e. The van der Waals surface area contributed by atoms with Gasteiger partial charge in [-0.25, -0.2) is 9.97 Å². The molecule has 0 spiro atoms. The Morgan fingerprint density at radius 3 is 2.68 bits per heavy atom. The van der Waals surface area contributed by atoms with E-state index in [1.807, 2.05) is 17.9 Å². The molecule has 1 fully saturated rings. The van der Waals surface area contributed by atoms with Crippen LogP contribution in [0.3, 0.4) is 0 Å². The third kappa shape index (κ3) is 2.69. The lowest BCUT2D eigenvalue weighted by atomic mass is 9.90. The zero-order valence-corrected chi connectivity index (χ0v) is 12.0. The van der Waals surface area contributed by atoms with Crippen LogP contribution in [0.1, 0.15) is 44.5 Å². The van der Waals surface area contributed by atoms with E-state index in [0.717, 1.165) is 11.4 Å². The summed E-state index contributed by atoms with van der Waals surface area (Å²) < 4.78 is 0. The van der Waals surface area contributed by atoms with Crippen LogP contribution in [-0.2, 0) is 4.79 Å². The number of anilines is 1. The van der Waals surface area contributed by atoms with Gasteiger partial charge in [-0.3, -0.25) is 4.79 Å². The summed E-state index contributed by atoms with van der Waals surface area (Å²) in [5.41, 5.74) is 1.24. The summed E-state index contributed by atoms with van der Waals surface area (Å²) in [4.78, 5) is 22.3. The van der Waals surface area contributed by atoms with E-state index in [9.17, 15) is 9.90 Å². The van der Waals surface area contributed by atoms with Crippen molar-refractivity contribution in [2.45, 2.75) is 40.0 Å². The summed E-state index contributed by atoms with van der Waals surface area (Å²) in [5.74, 6) is 0.259. The Kier molecular flexibility index (Phi) is 3.47. The molecule has 0 amide bonds. The van der Waals surface area contributed by atoms with E-state index >= 15 is 0 Å². The smallest absolute Gasteiger partial charge is 0.311 e. The Morgan fingerprint density at radius 2 is 2.16 bits per heavy atom. The fourth-order valence-corrected chi connectivity index (χ4v) is 2.32. The Hall–Kier alpha value is -1.65. The molecule has 0 saturated carbocycles. The predicted molar refractivity (Wildman–Crippen MR) is 73.4 cm³/mol. The van der Waals surface area contributed by atoms with Gasteiger partial charge >= 0.3 is 5.97 Å². The number of aromatic nitrogens is 2. The maximum Gasteiger partial charge on any atom is 0.311 e. The van der Waals surface area contributed by atoms with E-state index in [1.165, 1.54) is 0 Å². The first-order chi connectivity index (χ1) is 8.82. The molecule has 19 heavy (non-hydrogen) atoms. The maximum absolute atomic E-state index is 11.3. The second-order valence-electron chi connectivity index (χ2n) is 5.93. The van der Waals surface area contributed by atoms with Crippen molar-refractivity contribution in [1.29, 1.82) is 0 Å². The first-order valence-electron chi connectivity index (χ1n) is 6.66. The van der Waals surface area contributed by atoms with Crippen molar-refractivity contribution >= 4 is 11.9 Å². The van der Waals surface area contributed by atoms with Crippen LogP contribution in [0.25, 0.3) is 0 Å². The van der Waals surface area contributed by atoms with Crippen molar-refractivity contribution in [3.8, 4) is 0 Å². The summed E-state index contributed by atoms with van der Waals surface area (Å²) in [7, 11) is 0. The van der Waals surface area contributed by atoms with Gasteiger partial charge < -0.3 is 10.0 Å². The predicted octanol–water partition coefficient (Wildman–Crippen LogP) is 2.21. The molecule has 5 heteroatoms. The average molecular weight is 263 g/mol. The highest BCUT2D eigenvalue weighted by molar-refractivity contribution is 5.76. The average Bonchev–Trinajstić information content (AvgIpc) is 2.72. The van der Waals surface area contributed by atoms with Crippen molar-refractivity contribution in [3.05, 3.63) is 17.5 Å². The van der Waals surface area contributed by atoms with E-state index in [4.69, 9.17) is 0 Å². The van der Waals surface area contributed by atoms with Crippen molar-refractivity contribution < 1.29 is 9.90 Å². The maximum atomic E-state index is 11.3. The molecule has 0 radical (unpaired) electrons. The normalized spacial score (nSPS) is 23.1. The van der Waals surface area contributed by atoms with Gasteiger partial charge in [-0.2, -0.15) is 0 Å². The number of aliphatic carboxylic acids is 1. The van der Waals surface area contributed by atoms with Crippen LogP contribution >= 0.6 is 0 Å². The van der Waals surface area contributed by atoms with Crippen molar-refractivity contribution in [1.82, 2.24) is 9.97 Å². The highest BCUT2D eigenvalue weighted by Crippen LogP contribution is 2.32. The number of hydrogen-bond donors (Lipinski definition) is 1. The van der Waals surface area contributed by atoms with Crippen LogP contribution in [0.5, 0.6) is 0 Å². The Balaban J connectivity index is 2.27. The Morgan fingerprint density at radius 1 is 1.47 bits per heavy atom. The number of aryl methyl sites for hydroxylation is 1. The van der Waals surface area contributed by atoms with Crippen molar-refractivity contribution in [2.24, 2.45) is 5.41 Å². The van der Waals surface area contributed by atoms with E-state index in [-0.39, 0.29) is 0 Å². The lowest BCUT2D eigenvalue weighted by Gasteiger charge is -2.21. The highest BCUT2D eigenvalue weighted by Gasteiger charge is 2.41. The standard InChI is InChI=1S/C14H21N3O2/c1-9(2)11-7-10(3)15-13(16-11)17-6-5-14(4,8-17)12(18)19/h7,9H,5-6,8H2,1-4H3,(H,18,19). The first kappa shape index (κ1) is 13.8. The molecular weight excluding hydrogens is 242 g/mol. The lowest BCUT2D eigenvalue weighted by molar-refractivity contribution is -0.146. The molecule has 0 aromatic carbocycles. The quantitative estimate of drug-likeness (QED) is 0.905. The van der Waals surface area contributed by atoms with Gasteiger partial charge in [0.25, 0.3) is 0 Å². The molecule has 1 aliphatic rings. The molecule has 1 aromatic heterocycles. The minimum absolute atomic E-state index is 0.342. The van der Waals surface area contributed by atoms with Gasteiger partial charge in [0.15, 0.2) is 0 Å².